The van der Waals surface area contributed by atoms with Crippen molar-refractivity contribution in [1.82, 2.24) is 20.1 Å². The molecule has 0 radical (unpaired) electrons. The fraction of sp³-hybridized carbons (Fsp3) is 0.190. The number of nitrogens with one attached hydrogen (secondary N) is 2. The number of carboxylic acids is 1. The highest BCUT2D eigenvalue weighted by Crippen LogP contribution is 2.22. The van der Waals surface area contributed by atoms with Crippen LogP contribution in [0.2, 0.25) is 0 Å². The molecule has 166 valence electrons. The van der Waals surface area contributed by atoms with E-state index in [4.69, 9.17) is 9.52 Å². The molecule has 32 heavy (non-hydrogen) atoms. The van der Waals surface area contributed by atoms with Crippen molar-refractivity contribution >= 4 is 35.2 Å². The van der Waals surface area contributed by atoms with E-state index in [1.807, 2.05) is 0 Å². The summed E-state index contributed by atoms with van der Waals surface area (Å²) in [4.78, 5) is 35.6. The van der Waals surface area contributed by atoms with E-state index in [0.717, 1.165) is 11.8 Å². The second-order valence-electron chi connectivity index (χ2n) is 6.64. The van der Waals surface area contributed by atoms with Gasteiger partial charge in [-0.1, -0.05) is 23.9 Å². The van der Waals surface area contributed by atoms with E-state index in [1.165, 1.54) is 18.4 Å². The quantitative estimate of drug-likeness (QED) is 0.313. The van der Waals surface area contributed by atoms with Crippen LogP contribution in [-0.2, 0) is 11.3 Å². The van der Waals surface area contributed by atoms with Gasteiger partial charge in [-0.3, -0.25) is 9.59 Å². The number of carbonyl (C=O) groups excluding carboxylic acids is 2. The van der Waals surface area contributed by atoms with Gasteiger partial charge in [-0.25, -0.2) is 4.79 Å². The summed E-state index contributed by atoms with van der Waals surface area (Å²) >= 11 is 1.16. The highest BCUT2D eigenvalue weighted by Gasteiger charge is 2.21. The highest BCUT2D eigenvalue weighted by molar-refractivity contribution is 7.99. The predicted octanol–water partition coefficient (Wildman–Crippen LogP) is 2.98. The van der Waals surface area contributed by atoms with Gasteiger partial charge in [0.25, 0.3) is 5.91 Å². The lowest BCUT2D eigenvalue weighted by atomic mass is 10.2. The average molecular weight is 455 g/mol. The molecule has 2 amide bonds. The summed E-state index contributed by atoms with van der Waals surface area (Å²) in [6.07, 6.45) is 3.08. The summed E-state index contributed by atoms with van der Waals surface area (Å²) in [7, 11) is 0. The minimum atomic E-state index is -1.08. The second-order valence-corrected chi connectivity index (χ2v) is 7.58. The lowest BCUT2D eigenvalue weighted by Gasteiger charge is -2.14. The summed E-state index contributed by atoms with van der Waals surface area (Å²) in [6, 6.07) is 8.70. The van der Waals surface area contributed by atoms with Crippen LogP contribution < -0.4 is 10.6 Å². The van der Waals surface area contributed by atoms with Crippen molar-refractivity contribution in [2.24, 2.45) is 0 Å². The van der Waals surface area contributed by atoms with Crippen LogP contribution in [0.15, 0.2) is 64.9 Å². The Morgan fingerprint density at radius 3 is 2.78 bits per heavy atom. The maximum absolute atomic E-state index is 12.3. The van der Waals surface area contributed by atoms with Crippen molar-refractivity contribution in [3.05, 3.63) is 72.5 Å². The standard InChI is InChI=1S/C21H21N5O5S/c1-3-9-26-18(13(2)22-19(28)16-8-5-10-31-16)24-25-21(26)32-12-17(27)23-15-7-4-6-14(11-15)20(29)30/h3-8,10-11,13H,1,9,12H2,2H3,(H,22,28)(H,23,27)(H,29,30)/t13-/m1/s1. The van der Waals surface area contributed by atoms with Gasteiger partial charge in [-0.2, -0.15) is 0 Å². The highest BCUT2D eigenvalue weighted by atomic mass is 32.2. The Hall–Kier alpha value is -3.86. The molecule has 2 heterocycles. The molecule has 0 saturated carbocycles. The van der Waals surface area contributed by atoms with E-state index in [-0.39, 0.29) is 28.9 Å². The molecule has 3 rings (SSSR count). The SMILES string of the molecule is C=CCn1c(SCC(=O)Nc2cccc(C(=O)O)c2)nnc1[C@@H](C)NC(=O)c1ccco1. The van der Waals surface area contributed by atoms with Crippen LogP contribution >= 0.6 is 11.8 Å². The number of aromatic nitrogens is 3. The van der Waals surface area contributed by atoms with E-state index >= 15 is 0 Å². The van der Waals surface area contributed by atoms with Crippen LogP contribution in [0.3, 0.4) is 0 Å². The van der Waals surface area contributed by atoms with Gasteiger partial charge in [0.15, 0.2) is 16.7 Å². The maximum Gasteiger partial charge on any atom is 0.335 e. The smallest absolute Gasteiger partial charge is 0.335 e. The number of nitrogens with zero attached hydrogens (tertiary/aromatic N) is 3. The van der Waals surface area contributed by atoms with Crippen LogP contribution in [0, 0.1) is 0 Å². The first-order chi connectivity index (χ1) is 15.4. The van der Waals surface area contributed by atoms with Crippen LogP contribution in [-0.4, -0.2) is 43.4 Å². The van der Waals surface area contributed by atoms with Gasteiger partial charge in [0.2, 0.25) is 5.91 Å². The predicted molar refractivity (Wildman–Crippen MR) is 118 cm³/mol. The first kappa shape index (κ1) is 22.8. The molecule has 0 spiro atoms. The number of carbonyl (C=O) groups is 3. The number of benzene rings is 1. The fourth-order valence-electron chi connectivity index (χ4n) is 2.83. The molecule has 0 saturated heterocycles. The third-order valence-electron chi connectivity index (χ3n) is 4.26. The summed E-state index contributed by atoms with van der Waals surface area (Å²) in [6.45, 7) is 5.88. The van der Waals surface area contributed by atoms with Crippen molar-refractivity contribution in [3.8, 4) is 0 Å². The number of hydrogen-bond donors (Lipinski definition) is 3. The topological polar surface area (TPSA) is 139 Å². The van der Waals surface area contributed by atoms with Gasteiger partial charge in [0.05, 0.1) is 23.6 Å². The molecule has 0 aliphatic carbocycles. The zero-order valence-electron chi connectivity index (χ0n) is 17.1. The zero-order chi connectivity index (χ0) is 23.1. The Morgan fingerprint density at radius 1 is 1.28 bits per heavy atom. The third-order valence-corrected chi connectivity index (χ3v) is 5.23. The van der Waals surface area contributed by atoms with Crippen LogP contribution in [0.25, 0.3) is 0 Å². The van der Waals surface area contributed by atoms with Crippen molar-refractivity contribution in [3.63, 3.8) is 0 Å². The molecule has 0 aliphatic rings. The molecule has 11 heteroatoms. The number of allylic oxidation sites excluding steroid dienone is 1. The summed E-state index contributed by atoms with van der Waals surface area (Å²) in [5.74, 6) is -1.07. The van der Waals surface area contributed by atoms with Crippen LogP contribution in [0.4, 0.5) is 5.69 Å². The number of carboxylic acid groups (broad SMARTS) is 1. The van der Waals surface area contributed by atoms with E-state index in [9.17, 15) is 14.4 Å². The molecular weight excluding hydrogens is 434 g/mol. The molecule has 1 atom stereocenters. The Kier molecular flexibility index (Phi) is 7.45. The monoisotopic (exact) mass is 455 g/mol. The molecule has 0 aliphatic heterocycles. The normalized spacial score (nSPS) is 11.5. The molecule has 0 fully saturated rings. The lowest BCUT2D eigenvalue weighted by molar-refractivity contribution is -0.113. The summed E-state index contributed by atoms with van der Waals surface area (Å²) in [5, 5.41) is 23.3. The summed E-state index contributed by atoms with van der Waals surface area (Å²) < 4.78 is 6.85. The van der Waals surface area contributed by atoms with Crippen LogP contribution in [0.5, 0.6) is 0 Å². The minimum Gasteiger partial charge on any atom is -0.478 e. The summed E-state index contributed by atoms with van der Waals surface area (Å²) in [5.41, 5.74) is 0.467. The maximum atomic E-state index is 12.3. The number of rotatable bonds is 10. The Labute approximate surface area is 187 Å². The number of thioether (sulfide) groups is 1. The number of aromatic carboxylic acids is 1. The van der Waals surface area contributed by atoms with Gasteiger partial charge < -0.3 is 24.7 Å². The Morgan fingerprint density at radius 2 is 2.09 bits per heavy atom. The molecular formula is C21H21N5O5S. The molecule has 2 aromatic heterocycles. The van der Waals surface area contributed by atoms with Crippen molar-refractivity contribution in [2.75, 3.05) is 11.1 Å². The molecule has 3 aromatic rings. The van der Waals surface area contributed by atoms with E-state index < -0.39 is 12.0 Å². The largest absolute Gasteiger partial charge is 0.478 e. The van der Waals surface area contributed by atoms with Gasteiger partial charge in [0.1, 0.15) is 0 Å². The minimum absolute atomic E-state index is 0.0275. The van der Waals surface area contributed by atoms with E-state index in [1.54, 1.807) is 41.8 Å². The second kappa shape index (κ2) is 10.4. The number of anilines is 1. The number of furan rings is 1. The molecule has 0 unspecified atom stereocenters. The van der Waals surface area contributed by atoms with Gasteiger partial charge in [-0.05, 0) is 37.3 Å². The van der Waals surface area contributed by atoms with Crippen LogP contribution in [0.1, 0.15) is 39.7 Å². The Balaban J connectivity index is 1.65. The average Bonchev–Trinajstić information content (AvgIpc) is 3.43. The van der Waals surface area contributed by atoms with Gasteiger partial charge in [-0.15, -0.1) is 16.8 Å². The molecule has 10 nitrogen and oxygen atoms in total. The Bertz CT molecular complexity index is 1130. The van der Waals surface area contributed by atoms with Crippen molar-refractivity contribution in [1.29, 1.82) is 0 Å². The van der Waals surface area contributed by atoms with E-state index in [0.29, 0.717) is 23.2 Å². The zero-order valence-corrected chi connectivity index (χ0v) is 18.0. The fourth-order valence-corrected chi connectivity index (χ4v) is 3.58. The number of hydrogen-bond acceptors (Lipinski definition) is 7. The van der Waals surface area contributed by atoms with Gasteiger partial charge >= 0.3 is 5.97 Å². The first-order valence-electron chi connectivity index (χ1n) is 9.53. The van der Waals surface area contributed by atoms with Crippen molar-refractivity contribution < 1.29 is 23.9 Å². The lowest BCUT2D eigenvalue weighted by Crippen LogP contribution is -2.28. The molecule has 1 aromatic carbocycles. The third kappa shape index (κ3) is 5.64. The van der Waals surface area contributed by atoms with Crippen molar-refractivity contribution in [2.45, 2.75) is 24.7 Å². The molecule has 3 N–H and O–H groups in total. The van der Waals surface area contributed by atoms with E-state index in [2.05, 4.69) is 27.4 Å². The molecule has 0 bridgehead atoms. The first-order valence-corrected chi connectivity index (χ1v) is 10.5. The number of amides is 2. The van der Waals surface area contributed by atoms with Gasteiger partial charge in [0, 0.05) is 12.2 Å².